The van der Waals surface area contributed by atoms with Crippen LogP contribution in [0, 0.1) is 6.92 Å². The molecule has 5 rings (SSSR count). The molecule has 1 saturated heterocycles. The Morgan fingerprint density at radius 3 is 2.70 bits per heavy atom. The molecular formula is C25H25N5O3. The van der Waals surface area contributed by atoms with Crippen molar-refractivity contribution in [1.82, 2.24) is 24.6 Å². The molecule has 0 aliphatic carbocycles. The lowest BCUT2D eigenvalue weighted by molar-refractivity contribution is -0.138. The first-order valence-corrected chi connectivity index (χ1v) is 11.1. The van der Waals surface area contributed by atoms with Gasteiger partial charge in [0.25, 0.3) is 5.91 Å². The molecule has 3 heterocycles. The van der Waals surface area contributed by atoms with Gasteiger partial charge in [0.05, 0.1) is 0 Å². The quantitative estimate of drug-likeness (QED) is 0.440. The van der Waals surface area contributed by atoms with Gasteiger partial charge in [0.2, 0.25) is 11.7 Å². The van der Waals surface area contributed by atoms with Gasteiger partial charge in [0, 0.05) is 30.2 Å². The fourth-order valence-corrected chi connectivity index (χ4v) is 4.14. The van der Waals surface area contributed by atoms with E-state index in [9.17, 15) is 4.79 Å². The van der Waals surface area contributed by atoms with E-state index in [4.69, 9.17) is 9.26 Å². The van der Waals surface area contributed by atoms with Gasteiger partial charge in [-0.15, -0.1) is 0 Å². The van der Waals surface area contributed by atoms with E-state index in [0.29, 0.717) is 24.0 Å². The lowest BCUT2D eigenvalue weighted by Crippen LogP contribution is -2.41. The molecule has 1 aliphatic heterocycles. The van der Waals surface area contributed by atoms with E-state index < -0.39 is 0 Å². The minimum atomic E-state index is -0.236. The molecule has 1 fully saturated rings. The third-order valence-corrected chi connectivity index (χ3v) is 5.88. The average molecular weight is 444 g/mol. The van der Waals surface area contributed by atoms with Crippen molar-refractivity contribution in [3.8, 4) is 22.8 Å². The highest BCUT2D eigenvalue weighted by Gasteiger charge is 2.32. The summed E-state index contributed by atoms with van der Waals surface area (Å²) in [6.45, 7) is 2.59. The zero-order chi connectivity index (χ0) is 22.6. The molecular weight excluding hydrogens is 418 g/mol. The summed E-state index contributed by atoms with van der Waals surface area (Å²) in [4.78, 5) is 23.6. The van der Waals surface area contributed by atoms with Crippen molar-refractivity contribution in [3.05, 3.63) is 78.7 Å². The lowest BCUT2D eigenvalue weighted by atomic mass is 10.0. The fraction of sp³-hybridized carbons (Fsp3) is 0.280. The first-order chi connectivity index (χ1) is 16.2. The number of imidazole rings is 1. The van der Waals surface area contributed by atoms with Crippen LogP contribution in [-0.4, -0.2) is 43.7 Å². The number of hydrogen-bond donors (Lipinski definition) is 0. The smallest absolute Gasteiger partial charge is 0.261 e. The van der Waals surface area contributed by atoms with Crippen molar-refractivity contribution >= 4 is 5.91 Å². The maximum Gasteiger partial charge on any atom is 0.261 e. The second-order valence-corrected chi connectivity index (χ2v) is 8.05. The number of rotatable bonds is 6. The number of piperidine rings is 1. The molecule has 0 saturated carbocycles. The molecule has 1 aliphatic rings. The Kier molecular flexibility index (Phi) is 5.89. The third-order valence-electron chi connectivity index (χ3n) is 5.88. The number of ether oxygens (including phenoxy) is 1. The van der Waals surface area contributed by atoms with E-state index in [0.717, 1.165) is 36.3 Å². The SMILES string of the molecule is Cc1nccn1-c1ccc(-c2noc([C@H]3CCCCN3C(=O)COc3ccccc3)n2)cc1. The minimum absolute atomic E-state index is 0.0172. The van der Waals surface area contributed by atoms with E-state index >= 15 is 0 Å². The molecule has 8 heteroatoms. The summed E-state index contributed by atoms with van der Waals surface area (Å²) in [7, 11) is 0. The molecule has 0 N–H and O–H groups in total. The molecule has 0 spiro atoms. The standard InChI is InChI=1S/C25H25N5O3/c1-18-26-14-16-29(18)20-12-10-19(11-13-20)24-27-25(33-28-24)22-9-5-6-15-30(22)23(31)17-32-21-7-3-2-4-8-21/h2-4,7-8,10-14,16,22H,5-6,9,15,17H2,1H3/t22-/m1/s1. The van der Waals surface area contributed by atoms with Crippen molar-refractivity contribution in [3.63, 3.8) is 0 Å². The van der Waals surface area contributed by atoms with Crippen LogP contribution in [0.25, 0.3) is 17.1 Å². The Bertz CT molecular complexity index is 1220. The van der Waals surface area contributed by atoms with Crippen LogP contribution in [0.1, 0.15) is 37.0 Å². The number of para-hydroxylation sites is 1. The van der Waals surface area contributed by atoms with Crippen molar-refractivity contribution in [2.24, 2.45) is 0 Å². The molecule has 2 aromatic carbocycles. The maximum atomic E-state index is 12.9. The van der Waals surface area contributed by atoms with Crippen LogP contribution in [-0.2, 0) is 4.79 Å². The third kappa shape index (κ3) is 4.50. The van der Waals surface area contributed by atoms with E-state index in [-0.39, 0.29) is 18.6 Å². The molecule has 1 amide bonds. The number of benzene rings is 2. The summed E-state index contributed by atoms with van der Waals surface area (Å²) in [6.07, 6.45) is 6.44. The fourth-order valence-electron chi connectivity index (χ4n) is 4.14. The van der Waals surface area contributed by atoms with Crippen LogP contribution in [0.4, 0.5) is 0 Å². The lowest BCUT2D eigenvalue weighted by Gasteiger charge is -2.33. The maximum absolute atomic E-state index is 12.9. The van der Waals surface area contributed by atoms with E-state index in [1.165, 1.54) is 0 Å². The number of nitrogens with zero attached hydrogens (tertiary/aromatic N) is 5. The number of amides is 1. The summed E-state index contributed by atoms with van der Waals surface area (Å²) in [5.41, 5.74) is 1.87. The highest BCUT2D eigenvalue weighted by atomic mass is 16.5. The summed E-state index contributed by atoms with van der Waals surface area (Å²) in [6, 6.07) is 17.0. The number of aryl methyl sites for hydroxylation is 1. The molecule has 33 heavy (non-hydrogen) atoms. The van der Waals surface area contributed by atoms with Crippen LogP contribution >= 0.6 is 0 Å². The Hall–Kier alpha value is -3.94. The van der Waals surface area contributed by atoms with E-state index in [1.807, 2.05) is 72.3 Å². The summed E-state index contributed by atoms with van der Waals surface area (Å²) in [5.74, 6) is 2.49. The predicted octanol–water partition coefficient (Wildman–Crippen LogP) is 4.36. The number of carbonyl (C=O) groups excluding carboxylic acids is 1. The number of carbonyl (C=O) groups is 1. The normalized spacial score (nSPS) is 16.0. The van der Waals surface area contributed by atoms with Gasteiger partial charge in [0.1, 0.15) is 17.6 Å². The minimum Gasteiger partial charge on any atom is -0.484 e. The topological polar surface area (TPSA) is 86.3 Å². The molecule has 2 aromatic heterocycles. The highest BCUT2D eigenvalue weighted by molar-refractivity contribution is 5.78. The number of likely N-dealkylation sites (tertiary alicyclic amines) is 1. The molecule has 0 unspecified atom stereocenters. The molecule has 168 valence electrons. The summed E-state index contributed by atoms with van der Waals surface area (Å²) >= 11 is 0. The van der Waals surface area contributed by atoms with Crippen molar-refractivity contribution in [1.29, 1.82) is 0 Å². The zero-order valence-electron chi connectivity index (χ0n) is 18.4. The Balaban J connectivity index is 1.30. The Morgan fingerprint density at radius 2 is 1.94 bits per heavy atom. The molecule has 1 atom stereocenters. The van der Waals surface area contributed by atoms with Crippen LogP contribution in [0.2, 0.25) is 0 Å². The monoisotopic (exact) mass is 443 g/mol. The number of hydrogen-bond acceptors (Lipinski definition) is 6. The molecule has 0 bridgehead atoms. The molecule has 4 aromatic rings. The van der Waals surface area contributed by atoms with Crippen LogP contribution in [0.15, 0.2) is 71.5 Å². The van der Waals surface area contributed by atoms with Gasteiger partial charge >= 0.3 is 0 Å². The van der Waals surface area contributed by atoms with Crippen LogP contribution < -0.4 is 4.74 Å². The first-order valence-electron chi connectivity index (χ1n) is 11.1. The Morgan fingerprint density at radius 1 is 1.12 bits per heavy atom. The Labute approximate surface area is 191 Å². The van der Waals surface area contributed by atoms with Gasteiger partial charge < -0.3 is 18.7 Å². The van der Waals surface area contributed by atoms with E-state index in [2.05, 4.69) is 15.1 Å². The summed E-state index contributed by atoms with van der Waals surface area (Å²) in [5, 5.41) is 4.18. The first kappa shape index (κ1) is 20.9. The largest absolute Gasteiger partial charge is 0.484 e. The van der Waals surface area contributed by atoms with Crippen molar-refractivity contribution < 1.29 is 14.1 Å². The summed E-state index contributed by atoms with van der Waals surface area (Å²) < 4.78 is 13.3. The van der Waals surface area contributed by atoms with Gasteiger partial charge in [-0.3, -0.25) is 4.79 Å². The van der Waals surface area contributed by atoms with Gasteiger partial charge in [-0.05, 0) is 62.6 Å². The molecule has 8 nitrogen and oxygen atoms in total. The average Bonchev–Trinajstić information content (AvgIpc) is 3.53. The van der Waals surface area contributed by atoms with Gasteiger partial charge in [-0.2, -0.15) is 4.98 Å². The van der Waals surface area contributed by atoms with E-state index in [1.54, 1.807) is 11.1 Å². The van der Waals surface area contributed by atoms with Crippen molar-refractivity contribution in [2.45, 2.75) is 32.2 Å². The van der Waals surface area contributed by atoms with Crippen molar-refractivity contribution in [2.75, 3.05) is 13.2 Å². The predicted molar refractivity (Wildman–Crippen MR) is 122 cm³/mol. The second kappa shape index (κ2) is 9.28. The van der Waals surface area contributed by atoms with Gasteiger partial charge in [-0.25, -0.2) is 4.98 Å². The van der Waals surface area contributed by atoms with Gasteiger partial charge in [0.15, 0.2) is 6.61 Å². The van der Waals surface area contributed by atoms with Gasteiger partial charge in [-0.1, -0.05) is 23.4 Å². The van der Waals surface area contributed by atoms with Crippen LogP contribution in [0.3, 0.4) is 0 Å². The molecule has 0 radical (unpaired) electrons. The zero-order valence-corrected chi connectivity index (χ0v) is 18.4. The highest BCUT2D eigenvalue weighted by Crippen LogP contribution is 2.31. The van der Waals surface area contributed by atoms with Crippen LogP contribution in [0.5, 0.6) is 5.75 Å². The second-order valence-electron chi connectivity index (χ2n) is 8.05. The number of aromatic nitrogens is 4.